The maximum atomic E-state index is 12.5. The van der Waals surface area contributed by atoms with Crippen LogP contribution in [-0.2, 0) is 4.79 Å². The summed E-state index contributed by atoms with van der Waals surface area (Å²) >= 11 is 0. The van der Waals surface area contributed by atoms with Gasteiger partial charge in [-0.05, 0) is 69.9 Å². The molecule has 0 spiro atoms. The van der Waals surface area contributed by atoms with Crippen LogP contribution in [0, 0.1) is 11.8 Å². The van der Waals surface area contributed by atoms with Gasteiger partial charge in [0.1, 0.15) is 5.75 Å². The number of benzene rings is 1. The van der Waals surface area contributed by atoms with E-state index in [1.807, 2.05) is 24.3 Å². The average Bonchev–Trinajstić information content (AvgIpc) is 2.63. The molecule has 1 aromatic carbocycles. The number of amides is 1. The molecule has 2 heterocycles. The van der Waals surface area contributed by atoms with E-state index in [2.05, 4.69) is 15.5 Å². The largest absolute Gasteiger partial charge is 0.495 e. The number of nitrogens with zero attached hydrogens (tertiary/aromatic N) is 1. The Morgan fingerprint density at radius 2 is 1.92 bits per heavy atom. The summed E-state index contributed by atoms with van der Waals surface area (Å²) in [5, 5.41) is 6.46. The molecule has 0 aliphatic carbocycles. The van der Waals surface area contributed by atoms with E-state index in [-0.39, 0.29) is 11.8 Å². The third-order valence-electron chi connectivity index (χ3n) is 5.30. The number of rotatable bonds is 5. The Labute approximate surface area is 144 Å². The van der Waals surface area contributed by atoms with Gasteiger partial charge in [-0.15, -0.1) is 0 Å². The van der Waals surface area contributed by atoms with Crippen molar-refractivity contribution >= 4 is 11.6 Å². The Bertz CT molecular complexity index is 535. The molecule has 5 nitrogen and oxygen atoms in total. The van der Waals surface area contributed by atoms with E-state index < -0.39 is 0 Å². The molecule has 2 aliphatic rings. The molecule has 0 aromatic heterocycles. The maximum absolute atomic E-state index is 12.5. The van der Waals surface area contributed by atoms with Crippen molar-refractivity contribution in [3.8, 4) is 5.75 Å². The van der Waals surface area contributed by atoms with Gasteiger partial charge in [0.05, 0.1) is 12.8 Å². The zero-order valence-corrected chi connectivity index (χ0v) is 14.6. The lowest BCUT2D eigenvalue weighted by molar-refractivity contribution is -0.121. The molecule has 24 heavy (non-hydrogen) atoms. The van der Waals surface area contributed by atoms with E-state index in [0.29, 0.717) is 5.75 Å². The highest BCUT2D eigenvalue weighted by Gasteiger charge is 2.27. The Balaban J connectivity index is 1.46. The van der Waals surface area contributed by atoms with E-state index >= 15 is 0 Å². The van der Waals surface area contributed by atoms with Crippen molar-refractivity contribution in [1.29, 1.82) is 0 Å². The predicted molar refractivity (Wildman–Crippen MR) is 96.4 cm³/mol. The van der Waals surface area contributed by atoms with Crippen LogP contribution in [0.4, 0.5) is 5.69 Å². The van der Waals surface area contributed by atoms with E-state index in [1.165, 1.54) is 19.4 Å². The van der Waals surface area contributed by atoms with Crippen molar-refractivity contribution in [2.24, 2.45) is 11.8 Å². The standard InChI is InChI=1S/C19H29N3O2/c1-24-18-5-3-2-4-17(18)21-19(23)16-8-12-22(13-9-16)14-15-6-10-20-11-7-15/h2-5,15-16,20H,6-14H2,1H3,(H,21,23). The Hall–Kier alpha value is -1.59. The van der Waals surface area contributed by atoms with Gasteiger partial charge in [-0.3, -0.25) is 4.79 Å². The topological polar surface area (TPSA) is 53.6 Å². The monoisotopic (exact) mass is 331 g/mol. The van der Waals surface area contributed by atoms with Gasteiger partial charge in [0, 0.05) is 12.5 Å². The number of hydrogen-bond acceptors (Lipinski definition) is 4. The van der Waals surface area contributed by atoms with Crippen LogP contribution in [-0.4, -0.2) is 50.6 Å². The highest BCUT2D eigenvalue weighted by atomic mass is 16.5. The van der Waals surface area contributed by atoms with Gasteiger partial charge in [0.15, 0.2) is 0 Å². The molecule has 2 saturated heterocycles. The number of methoxy groups -OCH3 is 1. The first-order valence-corrected chi connectivity index (χ1v) is 9.13. The van der Waals surface area contributed by atoms with Gasteiger partial charge in [-0.25, -0.2) is 0 Å². The molecule has 3 rings (SSSR count). The summed E-state index contributed by atoms with van der Waals surface area (Å²) in [6.45, 7) is 5.58. The fraction of sp³-hybridized carbons (Fsp3) is 0.632. The first-order valence-electron chi connectivity index (χ1n) is 9.13. The van der Waals surface area contributed by atoms with Crippen LogP contribution in [0.3, 0.4) is 0 Å². The van der Waals surface area contributed by atoms with E-state index in [0.717, 1.165) is 50.6 Å². The van der Waals surface area contributed by atoms with Crippen LogP contribution in [0.1, 0.15) is 25.7 Å². The summed E-state index contributed by atoms with van der Waals surface area (Å²) in [5.41, 5.74) is 0.766. The minimum atomic E-state index is 0.110. The van der Waals surface area contributed by atoms with Crippen LogP contribution >= 0.6 is 0 Å². The lowest BCUT2D eigenvalue weighted by atomic mass is 9.93. The summed E-state index contributed by atoms with van der Waals surface area (Å²) in [4.78, 5) is 15.1. The average molecular weight is 331 g/mol. The van der Waals surface area contributed by atoms with Crippen molar-refractivity contribution in [1.82, 2.24) is 10.2 Å². The molecular formula is C19H29N3O2. The van der Waals surface area contributed by atoms with Crippen LogP contribution in [0.5, 0.6) is 5.75 Å². The SMILES string of the molecule is COc1ccccc1NC(=O)C1CCN(CC2CCNCC2)CC1. The van der Waals surface area contributed by atoms with Gasteiger partial charge in [-0.2, -0.15) is 0 Å². The van der Waals surface area contributed by atoms with Gasteiger partial charge in [0.25, 0.3) is 0 Å². The lowest BCUT2D eigenvalue weighted by Gasteiger charge is -2.35. The van der Waals surface area contributed by atoms with Crippen LogP contribution in [0.2, 0.25) is 0 Å². The third kappa shape index (κ3) is 4.48. The quantitative estimate of drug-likeness (QED) is 0.870. The highest BCUT2D eigenvalue weighted by Crippen LogP contribution is 2.26. The van der Waals surface area contributed by atoms with Gasteiger partial charge in [0.2, 0.25) is 5.91 Å². The van der Waals surface area contributed by atoms with Crippen molar-refractivity contribution in [2.45, 2.75) is 25.7 Å². The Kier molecular flexibility index (Phi) is 6.10. The normalized spacial score (nSPS) is 20.7. The first-order chi connectivity index (χ1) is 11.8. The van der Waals surface area contributed by atoms with Crippen molar-refractivity contribution in [2.75, 3.05) is 45.2 Å². The second-order valence-electron chi connectivity index (χ2n) is 6.96. The number of ether oxygens (including phenoxy) is 1. The summed E-state index contributed by atoms with van der Waals surface area (Å²) in [7, 11) is 1.63. The molecule has 1 amide bonds. The smallest absolute Gasteiger partial charge is 0.227 e. The molecular weight excluding hydrogens is 302 g/mol. The Morgan fingerprint density at radius 1 is 1.21 bits per heavy atom. The molecule has 0 radical (unpaired) electrons. The summed E-state index contributed by atoms with van der Waals surface area (Å²) in [5.74, 6) is 1.78. The number of nitrogens with one attached hydrogen (secondary N) is 2. The van der Waals surface area contributed by atoms with Crippen LogP contribution < -0.4 is 15.4 Å². The van der Waals surface area contributed by atoms with Crippen LogP contribution in [0.25, 0.3) is 0 Å². The van der Waals surface area contributed by atoms with Crippen molar-refractivity contribution < 1.29 is 9.53 Å². The van der Waals surface area contributed by atoms with E-state index in [4.69, 9.17) is 4.74 Å². The van der Waals surface area contributed by atoms with Gasteiger partial charge in [-0.1, -0.05) is 12.1 Å². The molecule has 0 bridgehead atoms. The second kappa shape index (κ2) is 8.49. The fourth-order valence-corrected chi connectivity index (χ4v) is 3.79. The van der Waals surface area contributed by atoms with Gasteiger partial charge >= 0.3 is 0 Å². The van der Waals surface area contributed by atoms with Gasteiger partial charge < -0.3 is 20.3 Å². The maximum Gasteiger partial charge on any atom is 0.227 e. The minimum absolute atomic E-state index is 0.110. The summed E-state index contributed by atoms with van der Waals surface area (Å²) in [6.07, 6.45) is 4.47. The highest BCUT2D eigenvalue weighted by molar-refractivity contribution is 5.94. The minimum Gasteiger partial charge on any atom is -0.495 e. The van der Waals surface area contributed by atoms with Crippen molar-refractivity contribution in [3.05, 3.63) is 24.3 Å². The molecule has 132 valence electrons. The third-order valence-corrected chi connectivity index (χ3v) is 5.30. The first kappa shape index (κ1) is 17.2. The van der Waals surface area contributed by atoms with Crippen LogP contribution in [0.15, 0.2) is 24.3 Å². The zero-order chi connectivity index (χ0) is 16.8. The fourth-order valence-electron chi connectivity index (χ4n) is 3.79. The molecule has 0 saturated carbocycles. The summed E-state index contributed by atoms with van der Waals surface area (Å²) in [6, 6.07) is 7.59. The second-order valence-corrected chi connectivity index (χ2v) is 6.96. The predicted octanol–water partition coefficient (Wildman–Crippen LogP) is 2.35. The number of anilines is 1. The molecule has 2 N–H and O–H groups in total. The molecule has 5 heteroatoms. The Morgan fingerprint density at radius 3 is 2.62 bits per heavy atom. The number of carbonyl (C=O) groups excluding carboxylic acids is 1. The number of carbonyl (C=O) groups is 1. The molecule has 1 aromatic rings. The number of hydrogen-bond donors (Lipinski definition) is 2. The zero-order valence-electron chi connectivity index (χ0n) is 14.6. The lowest BCUT2D eigenvalue weighted by Crippen LogP contribution is -2.42. The number of piperidine rings is 2. The molecule has 0 unspecified atom stereocenters. The molecule has 2 aliphatic heterocycles. The number of para-hydroxylation sites is 2. The van der Waals surface area contributed by atoms with E-state index in [9.17, 15) is 4.79 Å². The van der Waals surface area contributed by atoms with Crippen molar-refractivity contribution in [3.63, 3.8) is 0 Å². The van der Waals surface area contributed by atoms with E-state index in [1.54, 1.807) is 7.11 Å². The molecule has 0 atom stereocenters. The number of likely N-dealkylation sites (tertiary alicyclic amines) is 1. The summed E-state index contributed by atoms with van der Waals surface area (Å²) < 4.78 is 5.31. The molecule has 2 fully saturated rings.